The fourth-order valence-electron chi connectivity index (χ4n) is 2.01. The molecule has 0 aliphatic heterocycles. The first-order chi connectivity index (χ1) is 10.1. The van der Waals surface area contributed by atoms with Crippen LogP contribution in [-0.2, 0) is 0 Å². The van der Waals surface area contributed by atoms with Crippen molar-refractivity contribution in [1.29, 1.82) is 0 Å². The highest BCUT2D eigenvalue weighted by Gasteiger charge is 2.08. The van der Waals surface area contributed by atoms with E-state index in [4.69, 9.17) is 0 Å². The Balaban J connectivity index is 2.16. The van der Waals surface area contributed by atoms with Crippen molar-refractivity contribution in [2.24, 2.45) is 5.10 Å². The number of aryl methyl sites for hydroxylation is 1. The zero-order valence-electron chi connectivity index (χ0n) is 12.1. The maximum atomic E-state index is 12.1. The van der Waals surface area contributed by atoms with Gasteiger partial charge in [0.1, 0.15) is 5.75 Å². The van der Waals surface area contributed by atoms with E-state index >= 15 is 0 Å². The fraction of sp³-hybridized carbons (Fsp3) is 0.176. The molecule has 0 spiro atoms. The molecule has 0 heterocycles. The molecule has 0 saturated heterocycles. The van der Waals surface area contributed by atoms with Gasteiger partial charge in [-0.3, -0.25) is 4.79 Å². The lowest BCUT2D eigenvalue weighted by molar-refractivity contribution is 0.0954. The number of hydrogen-bond acceptors (Lipinski definition) is 3. The van der Waals surface area contributed by atoms with Gasteiger partial charge in [-0.2, -0.15) is 5.10 Å². The minimum absolute atomic E-state index is 0.207. The number of carbonyl (C=O) groups excluding carboxylic acids is 1. The molecular formula is C17H18N2O2. The summed E-state index contributed by atoms with van der Waals surface area (Å²) in [6.07, 6.45) is 0.679. The van der Waals surface area contributed by atoms with E-state index in [2.05, 4.69) is 10.5 Å². The lowest BCUT2D eigenvalue weighted by atomic mass is 10.1. The molecule has 21 heavy (non-hydrogen) atoms. The van der Waals surface area contributed by atoms with Gasteiger partial charge in [0.25, 0.3) is 5.91 Å². The monoisotopic (exact) mass is 282 g/mol. The van der Waals surface area contributed by atoms with E-state index < -0.39 is 0 Å². The Labute approximate surface area is 124 Å². The largest absolute Gasteiger partial charge is 0.508 e. The first-order valence-corrected chi connectivity index (χ1v) is 6.83. The second-order valence-corrected chi connectivity index (χ2v) is 4.71. The maximum Gasteiger partial charge on any atom is 0.271 e. The summed E-state index contributed by atoms with van der Waals surface area (Å²) in [5, 5.41) is 13.5. The smallest absolute Gasteiger partial charge is 0.271 e. The second kappa shape index (κ2) is 6.70. The van der Waals surface area contributed by atoms with E-state index in [9.17, 15) is 9.90 Å². The van der Waals surface area contributed by atoms with Crippen LogP contribution in [0.2, 0.25) is 0 Å². The van der Waals surface area contributed by atoms with Crippen LogP contribution in [0.4, 0.5) is 0 Å². The number of benzene rings is 2. The highest BCUT2D eigenvalue weighted by molar-refractivity contribution is 6.02. The van der Waals surface area contributed by atoms with Crippen LogP contribution in [0.1, 0.15) is 34.8 Å². The molecule has 4 nitrogen and oxygen atoms in total. The molecule has 2 aromatic carbocycles. The average Bonchev–Trinajstić information content (AvgIpc) is 2.49. The Morgan fingerprint density at radius 2 is 1.81 bits per heavy atom. The Morgan fingerprint density at radius 3 is 2.43 bits per heavy atom. The van der Waals surface area contributed by atoms with E-state index in [1.54, 1.807) is 30.3 Å². The molecule has 0 atom stereocenters. The quantitative estimate of drug-likeness (QED) is 0.668. The van der Waals surface area contributed by atoms with Crippen LogP contribution >= 0.6 is 0 Å². The van der Waals surface area contributed by atoms with Gasteiger partial charge in [-0.05, 0) is 54.8 Å². The summed E-state index contributed by atoms with van der Waals surface area (Å²) in [6.45, 7) is 3.85. The van der Waals surface area contributed by atoms with Gasteiger partial charge in [-0.25, -0.2) is 5.43 Å². The summed E-state index contributed by atoms with van der Waals surface area (Å²) in [5.41, 5.74) is 5.75. The first-order valence-electron chi connectivity index (χ1n) is 6.83. The maximum absolute atomic E-state index is 12.1. The summed E-state index contributed by atoms with van der Waals surface area (Å²) in [6, 6.07) is 14.1. The molecule has 0 unspecified atom stereocenters. The zero-order valence-corrected chi connectivity index (χ0v) is 12.1. The molecule has 4 heteroatoms. The van der Waals surface area contributed by atoms with Crippen molar-refractivity contribution < 1.29 is 9.90 Å². The molecule has 2 N–H and O–H groups in total. The number of hydrazone groups is 1. The minimum Gasteiger partial charge on any atom is -0.508 e. The number of nitrogens with one attached hydrogen (secondary N) is 1. The number of carbonyl (C=O) groups is 1. The minimum atomic E-state index is -0.224. The van der Waals surface area contributed by atoms with Crippen LogP contribution in [0, 0.1) is 6.92 Å². The first kappa shape index (κ1) is 14.8. The van der Waals surface area contributed by atoms with Gasteiger partial charge in [-0.1, -0.05) is 25.1 Å². The summed E-state index contributed by atoms with van der Waals surface area (Å²) in [4.78, 5) is 12.1. The number of rotatable bonds is 4. The van der Waals surface area contributed by atoms with Crippen LogP contribution in [-0.4, -0.2) is 16.7 Å². The van der Waals surface area contributed by atoms with Crippen LogP contribution in [0.25, 0.3) is 0 Å². The molecule has 0 aliphatic rings. The normalized spacial score (nSPS) is 11.2. The highest BCUT2D eigenvalue weighted by atomic mass is 16.3. The van der Waals surface area contributed by atoms with Crippen molar-refractivity contribution in [2.45, 2.75) is 20.3 Å². The van der Waals surface area contributed by atoms with E-state index in [1.807, 2.05) is 32.0 Å². The standard InChI is InChI=1S/C17H18N2O2/c1-3-16(13-8-10-14(20)11-9-13)18-19-17(21)15-7-5-4-6-12(15)2/h4-11,20H,3H2,1-2H3,(H,19,21). The molecule has 0 fully saturated rings. The molecule has 2 rings (SSSR count). The Morgan fingerprint density at radius 1 is 1.14 bits per heavy atom. The van der Waals surface area contributed by atoms with Gasteiger partial charge in [0, 0.05) is 5.56 Å². The topological polar surface area (TPSA) is 61.7 Å². The number of hydrogen-bond donors (Lipinski definition) is 2. The Kier molecular flexibility index (Phi) is 4.72. The SMILES string of the molecule is CCC(=NNC(=O)c1ccccc1C)c1ccc(O)cc1. The lowest BCUT2D eigenvalue weighted by Gasteiger charge is -2.07. The lowest BCUT2D eigenvalue weighted by Crippen LogP contribution is -2.20. The van der Waals surface area contributed by atoms with Gasteiger partial charge in [0.05, 0.1) is 5.71 Å². The van der Waals surface area contributed by atoms with Gasteiger partial charge in [0.15, 0.2) is 0 Å². The number of phenolic OH excluding ortho intramolecular Hbond substituents is 1. The van der Waals surface area contributed by atoms with Crippen LogP contribution < -0.4 is 5.43 Å². The van der Waals surface area contributed by atoms with E-state index in [-0.39, 0.29) is 11.7 Å². The molecule has 0 radical (unpaired) electrons. The van der Waals surface area contributed by atoms with Gasteiger partial charge in [0.2, 0.25) is 0 Å². The second-order valence-electron chi connectivity index (χ2n) is 4.71. The molecule has 0 aliphatic carbocycles. The fourth-order valence-corrected chi connectivity index (χ4v) is 2.01. The van der Waals surface area contributed by atoms with Crippen molar-refractivity contribution in [3.8, 4) is 5.75 Å². The number of nitrogens with zero attached hydrogens (tertiary/aromatic N) is 1. The summed E-state index contributed by atoms with van der Waals surface area (Å²) in [7, 11) is 0. The summed E-state index contributed by atoms with van der Waals surface area (Å²) in [5.74, 6) is -0.0176. The molecule has 0 saturated carbocycles. The average molecular weight is 282 g/mol. The number of aromatic hydroxyl groups is 1. The molecule has 0 bridgehead atoms. The van der Waals surface area contributed by atoms with E-state index in [0.717, 1.165) is 16.8 Å². The van der Waals surface area contributed by atoms with Crippen LogP contribution in [0.15, 0.2) is 53.6 Å². The van der Waals surface area contributed by atoms with Crippen molar-refractivity contribution >= 4 is 11.6 Å². The number of amides is 1. The third kappa shape index (κ3) is 3.69. The third-order valence-electron chi connectivity index (χ3n) is 3.22. The van der Waals surface area contributed by atoms with Gasteiger partial charge in [-0.15, -0.1) is 0 Å². The van der Waals surface area contributed by atoms with E-state index in [0.29, 0.717) is 12.0 Å². The molecule has 108 valence electrons. The van der Waals surface area contributed by atoms with Crippen molar-refractivity contribution in [3.05, 3.63) is 65.2 Å². The molecular weight excluding hydrogens is 264 g/mol. The predicted molar refractivity (Wildman–Crippen MR) is 83.6 cm³/mol. The third-order valence-corrected chi connectivity index (χ3v) is 3.22. The van der Waals surface area contributed by atoms with Crippen LogP contribution in [0.5, 0.6) is 5.75 Å². The van der Waals surface area contributed by atoms with Crippen molar-refractivity contribution in [3.63, 3.8) is 0 Å². The van der Waals surface area contributed by atoms with Crippen molar-refractivity contribution in [2.75, 3.05) is 0 Å². The molecule has 0 aromatic heterocycles. The van der Waals surface area contributed by atoms with Crippen molar-refractivity contribution in [1.82, 2.24) is 5.43 Å². The Hall–Kier alpha value is -2.62. The van der Waals surface area contributed by atoms with E-state index in [1.165, 1.54) is 0 Å². The number of phenols is 1. The summed E-state index contributed by atoms with van der Waals surface area (Å²) >= 11 is 0. The zero-order chi connectivity index (χ0) is 15.2. The summed E-state index contributed by atoms with van der Waals surface area (Å²) < 4.78 is 0. The molecule has 2 aromatic rings. The van der Waals surface area contributed by atoms with Gasteiger partial charge >= 0.3 is 0 Å². The molecule has 1 amide bonds. The predicted octanol–water partition coefficient (Wildman–Crippen LogP) is 3.24. The Bertz CT molecular complexity index is 661. The highest BCUT2D eigenvalue weighted by Crippen LogP contribution is 2.12. The van der Waals surface area contributed by atoms with Crippen LogP contribution in [0.3, 0.4) is 0 Å². The van der Waals surface area contributed by atoms with Gasteiger partial charge < -0.3 is 5.11 Å².